The van der Waals surface area contributed by atoms with E-state index in [2.05, 4.69) is 20.8 Å². The summed E-state index contributed by atoms with van der Waals surface area (Å²) in [6.07, 6.45) is 1.62. The number of thiazole rings is 1. The van der Waals surface area contributed by atoms with E-state index in [1.165, 1.54) is 11.3 Å². The minimum atomic E-state index is -0.492. The lowest BCUT2D eigenvalue weighted by Gasteiger charge is -2.19. The number of aromatic nitrogens is 1. The molecule has 0 spiro atoms. The zero-order chi connectivity index (χ0) is 17.7. The normalized spacial score (nSPS) is 11.5. The number of amides is 1. The maximum Gasteiger partial charge on any atom is 0.229 e. The Kier molecular flexibility index (Phi) is 5.56. The molecule has 2 N–H and O–H groups in total. The molecule has 2 rings (SSSR count). The molecule has 1 aromatic carbocycles. The number of nitrogens with one attached hydrogen (secondary N) is 2. The number of carbonyl (C=O) groups is 1. The number of benzene rings is 1. The number of hydrogen-bond acceptors (Lipinski definition) is 6. The minimum absolute atomic E-state index is 0.0751. The molecule has 7 heteroatoms. The minimum Gasteiger partial charge on any atom is -0.496 e. The Morgan fingerprint density at radius 1 is 1.38 bits per heavy atom. The summed E-state index contributed by atoms with van der Waals surface area (Å²) in [6.45, 7) is 7.51. The number of aryl methyl sites for hydroxylation is 1. The summed E-state index contributed by atoms with van der Waals surface area (Å²) in [6, 6.07) is 5.47. The van der Waals surface area contributed by atoms with Gasteiger partial charge in [-0.3, -0.25) is 10.2 Å². The van der Waals surface area contributed by atoms with Crippen molar-refractivity contribution in [1.29, 1.82) is 0 Å². The van der Waals surface area contributed by atoms with Gasteiger partial charge in [0.1, 0.15) is 5.75 Å². The van der Waals surface area contributed by atoms with E-state index in [4.69, 9.17) is 4.74 Å². The Labute approximate surface area is 146 Å². The predicted molar refractivity (Wildman–Crippen MR) is 99.1 cm³/mol. The van der Waals surface area contributed by atoms with Crippen molar-refractivity contribution in [3.05, 3.63) is 34.8 Å². The third kappa shape index (κ3) is 4.55. The molecule has 0 fully saturated rings. The first-order chi connectivity index (χ1) is 11.3. The van der Waals surface area contributed by atoms with Crippen molar-refractivity contribution in [3.63, 3.8) is 0 Å². The Bertz CT molecular complexity index is 747. The van der Waals surface area contributed by atoms with Crippen LogP contribution in [0.25, 0.3) is 0 Å². The molecule has 1 heterocycles. The van der Waals surface area contributed by atoms with Crippen LogP contribution in [0.1, 0.15) is 32.0 Å². The van der Waals surface area contributed by atoms with Crippen LogP contribution in [-0.2, 0) is 4.79 Å². The van der Waals surface area contributed by atoms with E-state index >= 15 is 0 Å². The van der Waals surface area contributed by atoms with Gasteiger partial charge in [0, 0.05) is 10.8 Å². The monoisotopic (exact) mass is 346 g/mol. The molecule has 1 amide bonds. The highest BCUT2D eigenvalue weighted by Gasteiger charge is 2.22. The molecule has 0 aliphatic carbocycles. The summed E-state index contributed by atoms with van der Waals surface area (Å²) < 4.78 is 5.38. The Balaban J connectivity index is 2.24. The number of hydrazone groups is 1. The SMILES string of the molecule is COc1cccc(NC(=O)C(C)(C)C)c1C=NNc1nc(C)cs1. The third-order valence-electron chi connectivity index (χ3n) is 3.19. The van der Waals surface area contributed by atoms with Gasteiger partial charge in [-0.05, 0) is 19.1 Å². The summed E-state index contributed by atoms with van der Waals surface area (Å²) in [5, 5.41) is 9.78. The van der Waals surface area contributed by atoms with Crippen LogP contribution in [0, 0.1) is 12.3 Å². The molecule has 0 saturated heterocycles. The van der Waals surface area contributed by atoms with Gasteiger partial charge in [0.2, 0.25) is 11.0 Å². The van der Waals surface area contributed by atoms with E-state index in [-0.39, 0.29) is 5.91 Å². The van der Waals surface area contributed by atoms with E-state index in [1.54, 1.807) is 13.3 Å². The maximum absolute atomic E-state index is 12.3. The van der Waals surface area contributed by atoms with E-state index in [0.717, 1.165) is 5.69 Å². The van der Waals surface area contributed by atoms with E-state index in [1.807, 2.05) is 51.3 Å². The molecule has 24 heavy (non-hydrogen) atoms. The number of nitrogens with zero attached hydrogens (tertiary/aromatic N) is 2. The summed E-state index contributed by atoms with van der Waals surface area (Å²) in [7, 11) is 1.58. The average molecular weight is 346 g/mol. The molecule has 0 aliphatic heterocycles. The van der Waals surface area contributed by atoms with Crippen LogP contribution in [0.3, 0.4) is 0 Å². The molecule has 128 valence electrons. The van der Waals surface area contributed by atoms with Gasteiger partial charge in [0.05, 0.1) is 30.3 Å². The van der Waals surface area contributed by atoms with Gasteiger partial charge in [-0.15, -0.1) is 11.3 Å². The molecule has 0 bridgehead atoms. The van der Waals surface area contributed by atoms with E-state index in [9.17, 15) is 4.79 Å². The van der Waals surface area contributed by atoms with Crippen LogP contribution < -0.4 is 15.5 Å². The highest BCUT2D eigenvalue weighted by Crippen LogP contribution is 2.26. The third-order valence-corrected chi connectivity index (χ3v) is 4.05. The predicted octanol–water partition coefficient (Wildman–Crippen LogP) is 3.89. The molecule has 2 aromatic rings. The molecule has 0 unspecified atom stereocenters. The summed E-state index contributed by atoms with van der Waals surface area (Å²) in [5.41, 5.74) is 4.67. The summed E-state index contributed by atoms with van der Waals surface area (Å²) >= 11 is 1.48. The second-order valence-electron chi connectivity index (χ2n) is 6.29. The van der Waals surface area contributed by atoms with E-state index in [0.29, 0.717) is 22.1 Å². The highest BCUT2D eigenvalue weighted by molar-refractivity contribution is 7.13. The second kappa shape index (κ2) is 7.44. The van der Waals surface area contributed by atoms with Gasteiger partial charge in [-0.2, -0.15) is 5.10 Å². The van der Waals surface area contributed by atoms with Crippen LogP contribution in [0.5, 0.6) is 5.75 Å². The van der Waals surface area contributed by atoms with Crippen LogP contribution in [0.2, 0.25) is 0 Å². The zero-order valence-corrected chi connectivity index (χ0v) is 15.3. The number of hydrogen-bond donors (Lipinski definition) is 2. The van der Waals surface area contributed by atoms with Crippen LogP contribution in [-0.4, -0.2) is 24.2 Å². The van der Waals surface area contributed by atoms with Gasteiger partial charge in [0.15, 0.2) is 0 Å². The van der Waals surface area contributed by atoms with Crippen molar-refractivity contribution in [2.75, 3.05) is 17.9 Å². The van der Waals surface area contributed by atoms with Crippen LogP contribution in [0.15, 0.2) is 28.7 Å². The fraction of sp³-hybridized carbons (Fsp3) is 0.353. The number of ether oxygens (including phenoxy) is 1. The van der Waals surface area contributed by atoms with Gasteiger partial charge in [0.25, 0.3) is 0 Å². The molecule has 0 saturated carbocycles. The molecule has 0 radical (unpaired) electrons. The molecular formula is C17H22N4O2S. The standard InChI is InChI=1S/C17H22N4O2S/c1-11-10-24-16(19-11)21-18-9-12-13(7-6-8-14(12)23-5)20-15(22)17(2,3)4/h6-10H,1-5H3,(H,19,21)(H,20,22). The smallest absolute Gasteiger partial charge is 0.229 e. The van der Waals surface area contributed by atoms with Crippen molar-refractivity contribution >= 4 is 34.3 Å². The molecule has 6 nitrogen and oxygen atoms in total. The molecule has 0 aliphatic rings. The van der Waals surface area contributed by atoms with E-state index < -0.39 is 5.41 Å². The first kappa shape index (κ1) is 17.9. The fourth-order valence-corrected chi connectivity index (χ4v) is 2.47. The molecule has 0 atom stereocenters. The lowest BCUT2D eigenvalue weighted by Crippen LogP contribution is -2.28. The zero-order valence-electron chi connectivity index (χ0n) is 14.5. The molecule has 1 aromatic heterocycles. The van der Waals surface area contributed by atoms with Crippen LogP contribution >= 0.6 is 11.3 Å². The Morgan fingerprint density at radius 2 is 2.12 bits per heavy atom. The number of rotatable bonds is 5. The first-order valence-electron chi connectivity index (χ1n) is 7.51. The number of methoxy groups -OCH3 is 1. The molecular weight excluding hydrogens is 324 g/mol. The Hall–Kier alpha value is -2.41. The topological polar surface area (TPSA) is 75.6 Å². The highest BCUT2D eigenvalue weighted by atomic mass is 32.1. The largest absolute Gasteiger partial charge is 0.496 e. The number of carbonyl (C=O) groups excluding carboxylic acids is 1. The van der Waals surface area contributed by atoms with Gasteiger partial charge in [-0.1, -0.05) is 26.8 Å². The average Bonchev–Trinajstić information content (AvgIpc) is 2.93. The quantitative estimate of drug-likeness (QED) is 0.636. The van der Waals surface area contributed by atoms with Crippen molar-refractivity contribution in [2.24, 2.45) is 10.5 Å². The maximum atomic E-state index is 12.3. The van der Waals surface area contributed by atoms with Crippen molar-refractivity contribution in [1.82, 2.24) is 4.98 Å². The van der Waals surface area contributed by atoms with Crippen LogP contribution in [0.4, 0.5) is 10.8 Å². The van der Waals surface area contributed by atoms with Crippen molar-refractivity contribution < 1.29 is 9.53 Å². The summed E-state index contributed by atoms with van der Waals surface area (Å²) in [5.74, 6) is 0.552. The second-order valence-corrected chi connectivity index (χ2v) is 7.15. The van der Waals surface area contributed by atoms with Crippen molar-refractivity contribution in [2.45, 2.75) is 27.7 Å². The summed E-state index contributed by atoms with van der Waals surface area (Å²) in [4.78, 5) is 16.5. The fourth-order valence-electron chi connectivity index (χ4n) is 1.83. The lowest BCUT2D eigenvalue weighted by atomic mass is 9.95. The van der Waals surface area contributed by atoms with Gasteiger partial charge < -0.3 is 10.1 Å². The van der Waals surface area contributed by atoms with Gasteiger partial charge in [-0.25, -0.2) is 4.98 Å². The lowest BCUT2D eigenvalue weighted by molar-refractivity contribution is -0.123. The number of anilines is 2. The van der Waals surface area contributed by atoms with Gasteiger partial charge >= 0.3 is 0 Å². The first-order valence-corrected chi connectivity index (χ1v) is 8.39. The van der Waals surface area contributed by atoms with Crippen molar-refractivity contribution in [3.8, 4) is 5.75 Å². The Morgan fingerprint density at radius 3 is 2.71 bits per heavy atom.